The Morgan fingerprint density at radius 1 is 1.08 bits per heavy atom. The molecule has 0 saturated heterocycles. The standard InChI is InChI=1S/C11H10BrN/c1-7-5-9-3-4-11(12)13-10(9)6-8(7)2/h3-6H,1-2H3. The highest BCUT2D eigenvalue weighted by Crippen LogP contribution is 2.19. The molecular formula is C11H10BrN. The summed E-state index contributed by atoms with van der Waals surface area (Å²) < 4.78 is 0.892. The molecule has 1 nitrogen and oxygen atoms in total. The van der Waals surface area contributed by atoms with Crippen molar-refractivity contribution in [1.82, 2.24) is 4.98 Å². The highest BCUT2D eigenvalue weighted by molar-refractivity contribution is 9.10. The Balaban J connectivity index is 2.81. The summed E-state index contributed by atoms with van der Waals surface area (Å²) in [4.78, 5) is 4.39. The van der Waals surface area contributed by atoms with Gasteiger partial charge in [0.1, 0.15) is 4.60 Å². The lowest BCUT2D eigenvalue weighted by molar-refractivity contribution is 1.31. The van der Waals surface area contributed by atoms with Crippen molar-refractivity contribution in [2.45, 2.75) is 13.8 Å². The molecule has 0 aliphatic heterocycles. The lowest BCUT2D eigenvalue weighted by atomic mass is 10.1. The van der Waals surface area contributed by atoms with Crippen LogP contribution in [0.2, 0.25) is 0 Å². The van der Waals surface area contributed by atoms with E-state index in [0.29, 0.717) is 0 Å². The Hall–Kier alpha value is -0.890. The zero-order chi connectivity index (χ0) is 9.42. The first-order valence-electron chi connectivity index (χ1n) is 4.20. The van der Waals surface area contributed by atoms with E-state index in [9.17, 15) is 0 Å². The van der Waals surface area contributed by atoms with E-state index in [2.05, 4.69) is 53.0 Å². The second kappa shape index (κ2) is 3.11. The van der Waals surface area contributed by atoms with Crippen LogP contribution < -0.4 is 0 Å². The third-order valence-corrected chi connectivity index (χ3v) is 2.71. The lowest BCUT2D eigenvalue weighted by Gasteiger charge is -2.02. The molecule has 66 valence electrons. The first-order valence-corrected chi connectivity index (χ1v) is 4.99. The van der Waals surface area contributed by atoms with Crippen LogP contribution in [-0.2, 0) is 0 Å². The lowest BCUT2D eigenvalue weighted by Crippen LogP contribution is -1.84. The number of aromatic nitrogens is 1. The minimum absolute atomic E-state index is 0.892. The maximum Gasteiger partial charge on any atom is 0.106 e. The molecule has 0 bridgehead atoms. The van der Waals surface area contributed by atoms with Crippen LogP contribution in [0.5, 0.6) is 0 Å². The van der Waals surface area contributed by atoms with E-state index in [4.69, 9.17) is 0 Å². The van der Waals surface area contributed by atoms with Gasteiger partial charge in [0.05, 0.1) is 5.52 Å². The van der Waals surface area contributed by atoms with Crippen molar-refractivity contribution < 1.29 is 0 Å². The average Bonchev–Trinajstić information content (AvgIpc) is 2.08. The molecule has 0 spiro atoms. The average molecular weight is 236 g/mol. The molecular weight excluding hydrogens is 226 g/mol. The van der Waals surface area contributed by atoms with Gasteiger partial charge in [-0.3, -0.25) is 0 Å². The van der Waals surface area contributed by atoms with Crippen LogP contribution in [-0.4, -0.2) is 4.98 Å². The minimum atomic E-state index is 0.892. The van der Waals surface area contributed by atoms with E-state index < -0.39 is 0 Å². The number of pyridine rings is 1. The quantitative estimate of drug-likeness (QED) is 0.636. The van der Waals surface area contributed by atoms with Gasteiger partial charge in [-0.2, -0.15) is 0 Å². The van der Waals surface area contributed by atoms with Crippen LogP contribution in [0, 0.1) is 13.8 Å². The summed E-state index contributed by atoms with van der Waals surface area (Å²) in [7, 11) is 0. The molecule has 1 aromatic carbocycles. The van der Waals surface area contributed by atoms with Crippen LogP contribution in [0.4, 0.5) is 0 Å². The Morgan fingerprint density at radius 2 is 1.77 bits per heavy atom. The molecule has 0 unspecified atom stereocenters. The summed E-state index contributed by atoms with van der Waals surface area (Å²) in [6.45, 7) is 4.23. The van der Waals surface area contributed by atoms with Crippen molar-refractivity contribution in [3.63, 3.8) is 0 Å². The number of benzene rings is 1. The number of halogens is 1. The molecule has 1 aromatic heterocycles. The predicted molar refractivity (Wildman–Crippen MR) is 58.9 cm³/mol. The Bertz CT molecular complexity index is 463. The molecule has 0 aliphatic carbocycles. The molecule has 13 heavy (non-hydrogen) atoms. The molecule has 2 heteroatoms. The maximum absolute atomic E-state index is 4.39. The first kappa shape index (κ1) is 8.70. The van der Waals surface area contributed by atoms with E-state index in [1.165, 1.54) is 16.5 Å². The summed E-state index contributed by atoms with van der Waals surface area (Å²) in [6, 6.07) is 8.34. The molecule has 0 aliphatic rings. The van der Waals surface area contributed by atoms with Crippen LogP contribution in [0.3, 0.4) is 0 Å². The molecule has 2 rings (SSSR count). The highest BCUT2D eigenvalue weighted by Gasteiger charge is 1.98. The predicted octanol–water partition coefficient (Wildman–Crippen LogP) is 3.61. The first-order chi connectivity index (χ1) is 6.16. The van der Waals surface area contributed by atoms with Crippen LogP contribution in [0.25, 0.3) is 10.9 Å². The van der Waals surface area contributed by atoms with Crippen molar-refractivity contribution in [3.05, 3.63) is 40.0 Å². The molecule has 0 radical (unpaired) electrons. The van der Waals surface area contributed by atoms with Crippen molar-refractivity contribution in [2.75, 3.05) is 0 Å². The van der Waals surface area contributed by atoms with E-state index >= 15 is 0 Å². The molecule has 0 saturated carbocycles. The maximum atomic E-state index is 4.39. The van der Waals surface area contributed by atoms with Crippen LogP contribution in [0.15, 0.2) is 28.9 Å². The number of hydrogen-bond acceptors (Lipinski definition) is 1. The number of hydrogen-bond donors (Lipinski definition) is 0. The molecule has 0 fully saturated rings. The van der Waals surface area contributed by atoms with Crippen molar-refractivity contribution in [2.24, 2.45) is 0 Å². The molecule has 0 N–H and O–H groups in total. The summed E-state index contributed by atoms with van der Waals surface area (Å²) in [6.07, 6.45) is 0. The molecule has 0 amide bonds. The van der Waals surface area contributed by atoms with Gasteiger partial charge in [0.15, 0.2) is 0 Å². The van der Waals surface area contributed by atoms with Gasteiger partial charge in [0, 0.05) is 5.39 Å². The topological polar surface area (TPSA) is 12.9 Å². The normalized spacial score (nSPS) is 10.7. The number of nitrogens with zero attached hydrogens (tertiary/aromatic N) is 1. The second-order valence-electron chi connectivity index (χ2n) is 3.26. The van der Waals surface area contributed by atoms with Gasteiger partial charge in [0.25, 0.3) is 0 Å². The molecule has 2 aromatic rings. The van der Waals surface area contributed by atoms with Crippen LogP contribution in [0.1, 0.15) is 11.1 Å². The molecule has 1 heterocycles. The Labute approximate surface area is 85.9 Å². The zero-order valence-corrected chi connectivity index (χ0v) is 9.22. The summed E-state index contributed by atoms with van der Waals surface area (Å²) in [5.74, 6) is 0. The van der Waals surface area contributed by atoms with Crippen molar-refractivity contribution in [3.8, 4) is 0 Å². The third-order valence-electron chi connectivity index (χ3n) is 2.27. The monoisotopic (exact) mass is 235 g/mol. The van der Waals surface area contributed by atoms with Gasteiger partial charge in [-0.05, 0) is 59.1 Å². The SMILES string of the molecule is Cc1cc2ccc(Br)nc2cc1C. The minimum Gasteiger partial charge on any atom is -0.241 e. The Kier molecular flexibility index (Phi) is 2.08. The van der Waals surface area contributed by atoms with E-state index in [-0.39, 0.29) is 0 Å². The zero-order valence-electron chi connectivity index (χ0n) is 7.63. The Morgan fingerprint density at radius 3 is 2.54 bits per heavy atom. The fraction of sp³-hybridized carbons (Fsp3) is 0.182. The fourth-order valence-corrected chi connectivity index (χ4v) is 1.69. The van der Waals surface area contributed by atoms with E-state index in [1.54, 1.807) is 0 Å². The largest absolute Gasteiger partial charge is 0.241 e. The second-order valence-corrected chi connectivity index (χ2v) is 4.08. The van der Waals surface area contributed by atoms with Gasteiger partial charge in [-0.15, -0.1) is 0 Å². The van der Waals surface area contributed by atoms with Gasteiger partial charge >= 0.3 is 0 Å². The highest BCUT2D eigenvalue weighted by atomic mass is 79.9. The summed E-state index contributed by atoms with van der Waals surface area (Å²) in [5.41, 5.74) is 3.66. The van der Waals surface area contributed by atoms with Gasteiger partial charge in [0.2, 0.25) is 0 Å². The summed E-state index contributed by atoms with van der Waals surface area (Å²) in [5, 5.41) is 1.20. The van der Waals surface area contributed by atoms with E-state index in [1.807, 2.05) is 6.07 Å². The van der Waals surface area contributed by atoms with Crippen molar-refractivity contribution >= 4 is 26.8 Å². The van der Waals surface area contributed by atoms with E-state index in [0.717, 1.165) is 10.1 Å². The number of aryl methyl sites for hydroxylation is 2. The van der Waals surface area contributed by atoms with Gasteiger partial charge in [-0.25, -0.2) is 4.98 Å². The third kappa shape index (κ3) is 1.59. The van der Waals surface area contributed by atoms with Gasteiger partial charge < -0.3 is 0 Å². The van der Waals surface area contributed by atoms with Crippen LogP contribution >= 0.6 is 15.9 Å². The smallest absolute Gasteiger partial charge is 0.106 e. The number of rotatable bonds is 0. The number of fused-ring (bicyclic) bond motifs is 1. The fourth-order valence-electron chi connectivity index (χ4n) is 1.36. The molecule has 0 atom stereocenters. The van der Waals surface area contributed by atoms with Crippen molar-refractivity contribution in [1.29, 1.82) is 0 Å². The summed E-state index contributed by atoms with van der Waals surface area (Å²) >= 11 is 3.36. The van der Waals surface area contributed by atoms with Gasteiger partial charge in [-0.1, -0.05) is 6.07 Å².